The molecule has 1 unspecified atom stereocenters. The van der Waals surface area contributed by atoms with Crippen molar-refractivity contribution < 1.29 is 5.11 Å². The second-order valence-corrected chi connectivity index (χ2v) is 1.61. The third kappa shape index (κ3) is 4.08. The Kier molecular flexibility index (Phi) is 4.53. The molecule has 0 radical (unpaired) electrons. The molecule has 0 rings (SSSR count). The lowest BCUT2D eigenvalue weighted by Crippen LogP contribution is -2.32. The van der Waals surface area contributed by atoms with Crippen molar-refractivity contribution in [2.45, 2.75) is 6.10 Å². The molecule has 0 aromatic rings. The molecule has 0 saturated carbocycles. The van der Waals surface area contributed by atoms with Gasteiger partial charge in [-0.3, -0.25) is 11.3 Å². The summed E-state index contributed by atoms with van der Waals surface area (Å²) in [5, 5.41) is 8.64. The zero-order valence-corrected chi connectivity index (χ0v) is 4.86. The van der Waals surface area contributed by atoms with E-state index in [2.05, 4.69) is 18.1 Å². The van der Waals surface area contributed by atoms with E-state index in [9.17, 15) is 0 Å². The van der Waals surface area contributed by atoms with Gasteiger partial charge in [0, 0.05) is 12.3 Å². The van der Waals surface area contributed by atoms with Gasteiger partial charge in [-0.05, 0) is 0 Å². The highest BCUT2D eigenvalue weighted by Crippen LogP contribution is 1.80. The molecule has 4 N–H and O–H groups in total. The van der Waals surface area contributed by atoms with Gasteiger partial charge in [-0.15, -0.1) is 0 Å². The van der Waals surface area contributed by atoms with Gasteiger partial charge in [0.15, 0.2) is 0 Å². The normalized spacial score (nSPS) is 14.1. The van der Waals surface area contributed by atoms with Crippen LogP contribution >= 0.6 is 12.6 Å². The van der Waals surface area contributed by atoms with E-state index >= 15 is 0 Å². The first kappa shape index (κ1) is 7.23. The Morgan fingerprint density at radius 1 is 1.86 bits per heavy atom. The summed E-state index contributed by atoms with van der Waals surface area (Å²) < 4.78 is 0. The number of aliphatic hydroxyl groups excluding tert-OH is 1. The standard InChI is InChI=1S/C3H10N2OS/c4-5-1-3(6)2-7/h3,5-7H,1-2,4H2. The minimum atomic E-state index is -0.423. The molecule has 1 atom stereocenters. The van der Waals surface area contributed by atoms with Crippen LogP contribution in [0.2, 0.25) is 0 Å². The lowest BCUT2D eigenvalue weighted by Gasteiger charge is -2.02. The van der Waals surface area contributed by atoms with Crippen molar-refractivity contribution in [3.63, 3.8) is 0 Å². The van der Waals surface area contributed by atoms with Crippen molar-refractivity contribution in [1.29, 1.82) is 0 Å². The zero-order chi connectivity index (χ0) is 5.70. The second kappa shape index (κ2) is 4.39. The van der Waals surface area contributed by atoms with E-state index in [0.29, 0.717) is 12.3 Å². The summed E-state index contributed by atoms with van der Waals surface area (Å²) >= 11 is 3.80. The van der Waals surface area contributed by atoms with Crippen LogP contribution in [0.5, 0.6) is 0 Å². The Hall–Kier alpha value is 0.230. The lowest BCUT2D eigenvalue weighted by atomic mass is 10.4. The van der Waals surface area contributed by atoms with Crippen LogP contribution in [-0.2, 0) is 0 Å². The van der Waals surface area contributed by atoms with E-state index in [1.807, 2.05) is 0 Å². The molecule has 3 nitrogen and oxygen atoms in total. The lowest BCUT2D eigenvalue weighted by molar-refractivity contribution is 0.197. The predicted octanol–water partition coefficient (Wildman–Crippen LogP) is -1.26. The van der Waals surface area contributed by atoms with Crippen LogP contribution in [0.4, 0.5) is 0 Å². The van der Waals surface area contributed by atoms with Crippen LogP contribution in [-0.4, -0.2) is 23.5 Å². The maximum absolute atomic E-state index is 8.64. The molecule has 0 aliphatic heterocycles. The summed E-state index contributed by atoms with van der Waals surface area (Å²) in [4.78, 5) is 0. The summed E-state index contributed by atoms with van der Waals surface area (Å²) in [7, 11) is 0. The first-order valence-corrected chi connectivity index (χ1v) is 2.67. The highest BCUT2D eigenvalue weighted by atomic mass is 32.1. The molecule has 44 valence electrons. The summed E-state index contributed by atoms with van der Waals surface area (Å²) in [6.07, 6.45) is -0.423. The van der Waals surface area contributed by atoms with Gasteiger partial charge in [0.1, 0.15) is 0 Å². The molecule has 0 aromatic heterocycles. The Morgan fingerprint density at radius 2 is 2.43 bits per heavy atom. The molecule has 0 fully saturated rings. The van der Waals surface area contributed by atoms with Crippen molar-refractivity contribution >= 4 is 12.6 Å². The Bertz CT molecular complexity index is 43.9. The average Bonchev–Trinajstić information content (AvgIpc) is 1.68. The van der Waals surface area contributed by atoms with Crippen LogP contribution < -0.4 is 11.3 Å². The van der Waals surface area contributed by atoms with Crippen molar-refractivity contribution in [1.82, 2.24) is 5.43 Å². The number of hydrazine groups is 1. The van der Waals surface area contributed by atoms with Gasteiger partial charge >= 0.3 is 0 Å². The summed E-state index contributed by atoms with van der Waals surface area (Å²) in [6.45, 7) is 0.406. The first-order chi connectivity index (χ1) is 3.31. The first-order valence-electron chi connectivity index (χ1n) is 2.03. The van der Waals surface area contributed by atoms with Gasteiger partial charge < -0.3 is 5.11 Å². The van der Waals surface area contributed by atoms with Gasteiger partial charge in [-0.2, -0.15) is 12.6 Å². The molecule has 0 aromatic carbocycles. The Morgan fingerprint density at radius 3 is 2.57 bits per heavy atom. The maximum Gasteiger partial charge on any atom is 0.0766 e. The fourth-order valence-corrected chi connectivity index (χ4v) is 0.330. The minimum absolute atomic E-state index is 0.406. The molecule has 0 aliphatic carbocycles. The number of nitrogens with one attached hydrogen (secondary N) is 1. The van der Waals surface area contributed by atoms with Crippen LogP contribution in [0.25, 0.3) is 0 Å². The van der Waals surface area contributed by atoms with Crippen molar-refractivity contribution in [3.05, 3.63) is 0 Å². The fourth-order valence-electron chi connectivity index (χ4n) is 0.201. The number of nitrogens with two attached hydrogens (primary N) is 1. The molecule has 0 saturated heterocycles. The van der Waals surface area contributed by atoms with Crippen molar-refractivity contribution in [3.8, 4) is 0 Å². The van der Waals surface area contributed by atoms with E-state index in [-0.39, 0.29) is 0 Å². The Balaban J connectivity index is 2.83. The molecule has 0 heterocycles. The molecule has 0 amide bonds. The van der Waals surface area contributed by atoms with Crippen LogP contribution in [0, 0.1) is 0 Å². The zero-order valence-electron chi connectivity index (χ0n) is 3.96. The van der Waals surface area contributed by atoms with Crippen LogP contribution in [0.15, 0.2) is 0 Å². The summed E-state index contributed by atoms with van der Waals surface area (Å²) in [5.74, 6) is 5.31. The van der Waals surface area contributed by atoms with Crippen molar-refractivity contribution in [2.75, 3.05) is 12.3 Å². The topological polar surface area (TPSA) is 58.3 Å². The fraction of sp³-hybridized carbons (Fsp3) is 1.00. The smallest absolute Gasteiger partial charge is 0.0766 e. The van der Waals surface area contributed by atoms with E-state index in [1.54, 1.807) is 0 Å². The van der Waals surface area contributed by atoms with Gasteiger partial charge in [-0.25, -0.2) is 0 Å². The highest BCUT2D eigenvalue weighted by Gasteiger charge is 1.95. The van der Waals surface area contributed by atoms with E-state index < -0.39 is 6.10 Å². The highest BCUT2D eigenvalue weighted by molar-refractivity contribution is 7.80. The number of rotatable bonds is 3. The molecule has 7 heavy (non-hydrogen) atoms. The van der Waals surface area contributed by atoms with Crippen LogP contribution in [0.3, 0.4) is 0 Å². The molecular formula is C3H10N2OS. The Labute approximate surface area is 48.3 Å². The molecule has 0 spiro atoms. The molecular weight excluding hydrogens is 112 g/mol. The minimum Gasteiger partial charge on any atom is -0.391 e. The molecule has 0 bridgehead atoms. The molecule has 4 heteroatoms. The number of hydrogen-bond acceptors (Lipinski definition) is 4. The SMILES string of the molecule is NNCC(O)CS. The predicted molar refractivity (Wildman–Crippen MR) is 32.0 cm³/mol. The van der Waals surface area contributed by atoms with Gasteiger partial charge in [0.25, 0.3) is 0 Å². The monoisotopic (exact) mass is 122 g/mol. The van der Waals surface area contributed by atoms with Gasteiger partial charge in [-0.1, -0.05) is 0 Å². The number of thiol groups is 1. The van der Waals surface area contributed by atoms with Gasteiger partial charge in [0.05, 0.1) is 6.10 Å². The maximum atomic E-state index is 8.64. The number of aliphatic hydroxyl groups is 1. The summed E-state index contributed by atoms with van der Waals surface area (Å²) in [6, 6.07) is 0. The third-order valence-corrected chi connectivity index (χ3v) is 0.986. The van der Waals surface area contributed by atoms with Gasteiger partial charge in [0.2, 0.25) is 0 Å². The largest absolute Gasteiger partial charge is 0.391 e. The van der Waals surface area contributed by atoms with Crippen molar-refractivity contribution in [2.24, 2.45) is 5.84 Å². The van der Waals surface area contributed by atoms with E-state index in [0.717, 1.165) is 0 Å². The second-order valence-electron chi connectivity index (χ2n) is 1.24. The van der Waals surface area contributed by atoms with Crippen LogP contribution in [0.1, 0.15) is 0 Å². The average molecular weight is 122 g/mol. The molecule has 0 aliphatic rings. The van der Waals surface area contributed by atoms with E-state index in [4.69, 9.17) is 10.9 Å². The number of hydrogen-bond donors (Lipinski definition) is 4. The summed E-state index contributed by atoms with van der Waals surface area (Å²) in [5.41, 5.74) is 2.32. The third-order valence-electron chi connectivity index (χ3n) is 0.564. The van der Waals surface area contributed by atoms with E-state index in [1.165, 1.54) is 0 Å². The quantitative estimate of drug-likeness (QED) is 0.215.